The Balaban J connectivity index is 1.94. The van der Waals surface area contributed by atoms with Crippen LogP contribution in [0.1, 0.15) is 39.5 Å². The molecule has 0 saturated heterocycles. The zero-order chi connectivity index (χ0) is 15.2. The molecule has 1 aromatic carbocycles. The van der Waals surface area contributed by atoms with Crippen molar-refractivity contribution >= 4 is 17.3 Å². The second-order valence-corrected chi connectivity index (χ2v) is 5.76. The maximum absolute atomic E-state index is 12.6. The third kappa shape index (κ3) is 4.21. The highest BCUT2D eigenvalue weighted by Gasteiger charge is 2.32. The first kappa shape index (κ1) is 15.8. The van der Waals surface area contributed by atoms with Crippen molar-refractivity contribution in [1.29, 1.82) is 0 Å². The number of carbonyl (C=O) groups excluding carboxylic acids is 1. The van der Waals surface area contributed by atoms with Crippen molar-refractivity contribution in [2.45, 2.75) is 45.6 Å². The number of carbonyl (C=O) groups is 1. The number of ether oxygens (including phenoxy) is 1. The van der Waals surface area contributed by atoms with Crippen molar-refractivity contribution < 1.29 is 9.53 Å². The van der Waals surface area contributed by atoms with Crippen molar-refractivity contribution in [1.82, 2.24) is 0 Å². The quantitative estimate of drug-likeness (QED) is 0.784. The molecule has 116 valence electrons. The predicted octanol–water partition coefficient (Wildman–Crippen LogP) is 3.22. The molecule has 0 aromatic heterocycles. The average Bonchev–Trinajstić information content (AvgIpc) is 2.42. The highest BCUT2D eigenvalue weighted by molar-refractivity contribution is 5.94. The van der Waals surface area contributed by atoms with Gasteiger partial charge in [-0.2, -0.15) is 0 Å². The van der Waals surface area contributed by atoms with Crippen LogP contribution in [-0.2, 0) is 9.53 Å². The Morgan fingerprint density at radius 2 is 2.14 bits per heavy atom. The van der Waals surface area contributed by atoms with Crippen LogP contribution >= 0.6 is 0 Å². The van der Waals surface area contributed by atoms with Gasteiger partial charge in [-0.15, -0.1) is 0 Å². The highest BCUT2D eigenvalue weighted by Crippen LogP contribution is 2.33. The van der Waals surface area contributed by atoms with E-state index in [0.717, 1.165) is 38.1 Å². The number of rotatable bonds is 7. The van der Waals surface area contributed by atoms with E-state index in [9.17, 15) is 4.79 Å². The summed E-state index contributed by atoms with van der Waals surface area (Å²) < 4.78 is 5.56. The lowest BCUT2D eigenvalue weighted by molar-refractivity contribution is -0.121. The zero-order valence-corrected chi connectivity index (χ0v) is 13.0. The van der Waals surface area contributed by atoms with Gasteiger partial charge in [-0.3, -0.25) is 4.79 Å². The summed E-state index contributed by atoms with van der Waals surface area (Å²) in [7, 11) is 0. The van der Waals surface area contributed by atoms with Gasteiger partial charge in [0.15, 0.2) is 0 Å². The summed E-state index contributed by atoms with van der Waals surface area (Å²) in [6, 6.07) is 7.57. The molecule has 1 aliphatic carbocycles. The van der Waals surface area contributed by atoms with Crippen molar-refractivity contribution in [2.24, 2.45) is 5.92 Å². The van der Waals surface area contributed by atoms with Gasteiger partial charge in [0.1, 0.15) is 0 Å². The summed E-state index contributed by atoms with van der Waals surface area (Å²) in [4.78, 5) is 14.4. The van der Waals surface area contributed by atoms with Crippen LogP contribution in [0, 0.1) is 5.92 Å². The largest absolute Gasteiger partial charge is 0.399 e. The molecular formula is C17H26N2O2. The smallest absolute Gasteiger partial charge is 0.227 e. The minimum atomic E-state index is 0.197. The van der Waals surface area contributed by atoms with Crippen LogP contribution in [0.2, 0.25) is 0 Å². The molecule has 0 aliphatic heterocycles. The molecule has 0 heterocycles. The summed E-state index contributed by atoms with van der Waals surface area (Å²) in [6.07, 6.45) is 3.93. The van der Waals surface area contributed by atoms with E-state index in [-0.39, 0.29) is 5.91 Å². The first-order valence-corrected chi connectivity index (χ1v) is 7.91. The summed E-state index contributed by atoms with van der Waals surface area (Å²) in [5, 5.41) is 0. The van der Waals surface area contributed by atoms with Crippen LogP contribution in [0.4, 0.5) is 11.4 Å². The minimum Gasteiger partial charge on any atom is -0.399 e. The lowest BCUT2D eigenvalue weighted by Gasteiger charge is -2.35. The Morgan fingerprint density at radius 3 is 2.76 bits per heavy atom. The molecule has 21 heavy (non-hydrogen) atoms. The lowest BCUT2D eigenvalue weighted by Crippen LogP contribution is -2.38. The maximum atomic E-state index is 12.6. The normalized spacial score (nSPS) is 20.9. The lowest BCUT2D eigenvalue weighted by atomic mass is 9.79. The zero-order valence-electron chi connectivity index (χ0n) is 13.0. The summed E-state index contributed by atoms with van der Waals surface area (Å²) in [5.74, 6) is 0.664. The summed E-state index contributed by atoms with van der Waals surface area (Å²) in [6.45, 7) is 5.60. The van der Waals surface area contributed by atoms with Gasteiger partial charge in [0, 0.05) is 30.9 Å². The molecule has 4 nitrogen and oxygen atoms in total. The molecule has 0 radical (unpaired) electrons. The van der Waals surface area contributed by atoms with Gasteiger partial charge in [-0.1, -0.05) is 13.0 Å². The van der Waals surface area contributed by atoms with E-state index in [1.807, 2.05) is 36.1 Å². The second kappa shape index (κ2) is 7.46. The van der Waals surface area contributed by atoms with E-state index in [2.05, 4.69) is 6.92 Å². The van der Waals surface area contributed by atoms with Crippen LogP contribution in [0.3, 0.4) is 0 Å². The van der Waals surface area contributed by atoms with Crippen LogP contribution in [0.25, 0.3) is 0 Å². The molecule has 1 amide bonds. The van der Waals surface area contributed by atoms with Crippen LogP contribution < -0.4 is 10.6 Å². The van der Waals surface area contributed by atoms with Gasteiger partial charge >= 0.3 is 0 Å². The summed E-state index contributed by atoms with van der Waals surface area (Å²) in [5.41, 5.74) is 7.43. The first-order valence-electron chi connectivity index (χ1n) is 7.91. The van der Waals surface area contributed by atoms with Crippen LogP contribution in [0.15, 0.2) is 24.3 Å². The number of benzene rings is 1. The third-order valence-electron chi connectivity index (χ3n) is 3.99. The number of hydrogen-bond acceptors (Lipinski definition) is 3. The highest BCUT2D eigenvalue weighted by atomic mass is 16.5. The van der Waals surface area contributed by atoms with Crippen molar-refractivity contribution in [3.05, 3.63) is 24.3 Å². The number of amides is 1. The second-order valence-electron chi connectivity index (χ2n) is 5.76. The molecule has 1 aromatic rings. The monoisotopic (exact) mass is 290 g/mol. The number of anilines is 2. The molecule has 2 N–H and O–H groups in total. The SMILES string of the molecule is CCCN(C(=O)CC1CC(OCC)C1)c1cccc(N)c1. The average molecular weight is 290 g/mol. The fourth-order valence-corrected chi connectivity index (χ4v) is 2.88. The van der Waals surface area contributed by atoms with E-state index >= 15 is 0 Å². The van der Waals surface area contributed by atoms with Gasteiger partial charge in [-0.05, 0) is 50.3 Å². The van der Waals surface area contributed by atoms with Gasteiger partial charge in [0.2, 0.25) is 5.91 Å². The maximum Gasteiger partial charge on any atom is 0.227 e. The molecule has 0 spiro atoms. The first-order chi connectivity index (χ1) is 10.1. The van der Waals surface area contributed by atoms with Crippen LogP contribution in [0.5, 0.6) is 0 Å². The third-order valence-corrected chi connectivity index (χ3v) is 3.99. The molecule has 1 aliphatic rings. The Hall–Kier alpha value is -1.55. The summed E-state index contributed by atoms with van der Waals surface area (Å²) >= 11 is 0. The topological polar surface area (TPSA) is 55.6 Å². The Bertz CT molecular complexity index is 470. The van der Waals surface area contributed by atoms with Crippen molar-refractivity contribution in [3.8, 4) is 0 Å². The molecule has 4 heteroatoms. The fourth-order valence-electron chi connectivity index (χ4n) is 2.88. The van der Waals surface area contributed by atoms with Gasteiger partial charge < -0.3 is 15.4 Å². The van der Waals surface area contributed by atoms with E-state index in [0.29, 0.717) is 24.1 Å². The van der Waals surface area contributed by atoms with Gasteiger partial charge in [-0.25, -0.2) is 0 Å². The Labute approximate surface area is 127 Å². The fraction of sp³-hybridized carbons (Fsp3) is 0.588. The number of nitrogens with zero attached hydrogens (tertiary/aromatic N) is 1. The van der Waals surface area contributed by atoms with E-state index in [1.54, 1.807) is 0 Å². The van der Waals surface area contributed by atoms with Crippen molar-refractivity contribution in [3.63, 3.8) is 0 Å². The standard InChI is InChI=1S/C17H26N2O2/c1-3-8-19(15-7-5-6-14(18)12-15)17(20)11-13-9-16(10-13)21-4-2/h5-7,12-13,16H,3-4,8-11,18H2,1-2H3. The molecule has 0 unspecified atom stereocenters. The predicted molar refractivity (Wildman–Crippen MR) is 86.3 cm³/mol. The van der Waals surface area contributed by atoms with Gasteiger partial charge in [0.25, 0.3) is 0 Å². The van der Waals surface area contributed by atoms with Crippen LogP contribution in [-0.4, -0.2) is 25.2 Å². The Morgan fingerprint density at radius 1 is 1.38 bits per heavy atom. The van der Waals surface area contributed by atoms with Crippen molar-refractivity contribution in [2.75, 3.05) is 23.8 Å². The molecule has 0 atom stereocenters. The molecule has 1 fully saturated rings. The number of nitrogens with two attached hydrogens (primary N) is 1. The van der Waals surface area contributed by atoms with Gasteiger partial charge in [0.05, 0.1) is 6.10 Å². The number of nitrogen functional groups attached to an aromatic ring is 1. The molecular weight excluding hydrogens is 264 g/mol. The van der Waals surface area contributed by atoms with E-state index < -0.39 is 0 Å². The molecule has 0 bridgehead atoms. The minimum absolute atomic E-state index is 0.197. The molecule has 1 saturated carbocycles. The Kier molecular flexibility index (Phi) is 5.62. The van der Waals surface area contributed by atoms with E-state index in [4.69, 9.17) is 10.5 Å². The molecule has 2 rings (SSSR count). The van der Waals surface area contributed by atoms with E-state index in [1.165, 1.54) is 0 Å². The number of hydrogen-bond donors (Lipinski definition) is 1.